The maximum atomic E-state index is 13.9. The number of carbonyl (C=O) groups is 1. The molecule has 0 atom stereocenters. The molecular formula is C20H20F4N2O2. The zero-order valence-corrected chi connectivity index (χ0v) is 15.2. The molecule has 0 aromatic heterocycles. The SMILES string of the molecule is COc1ccc(CNC(=O)N(Cc2ccccc2F)C2CC2)c(C(F)(F)F)c1. The van der Waals surface area contributed by atoms with Crippen molar-refractivity contribution in [1.29, 1.82) is 0 Å². The highest BCUT2D eigenvalue weighted by atomic mass is 19.4. The third-order valence-electron chi connectivity index (χ3n) is 4.60. The lowest BCUT2D eigenvalue weighted by molar-refractivity contribution is -0.138. The Labute approximate surface area is 160 Å². The Bertz CT molecular complexity index is 850. The predicted molar refractivity (Wildman–Crippen MR) is 95.2 cm³/mol. The van der Waals surface area contributed by atoms with Gasteiger partial charge in [-0.05, 0) is 36.6 Å². The summed E-state index contributed by atoms with van der Waals surface area (Å²) in [7, 11) is 1.28. The average molecular weight is 396 g/mol. The highest BCUT2D eigenvalue weighted by Crippen LogP contribution is 2.34. The smallest absolute Gasteiger partial charge is 0.416 e. The second-order valence-corrected chi connectivity index (χ2v) is 6.63. The summed E-state index contributed by atoms with van der Waals surface area (Å²) in [6.45, 7) is -0.226. The van der Waals surface area contributed by atoms with Crippen LogP contribution in [0.25, 0.3) is 0 Å². The molecule has 4 nitrogen and oxygen atoms in total. The van der Waals surface area contributed by atoms with Crippen molar-refractivity contribution < 1.29 is 27.1 Å². The molecule has 8 heteroatoms. The molecule has 150 valence electrons. The third-order valence-corrected chi connectivity index (χ3v) is 4.60. The Kier molecular flexibility index (Phi) is 5.76. The van der Waals surface area contributed by atoms with E-state index in [1.54, 1.807) is 18.2 Å². The molecule has 28 heavy (non-hydrogen) atoms. The third kappa shape index (κ3) is 4.74. The van der Waals surface area contributed by atoms with E-state index in [4.69, 9.17) is 4.74 Å². The van der Waals surface area contributed by atoms with Crippen molar-refractivity contribution in [3.05, 3.63) is 65.0 Å². The Hall–Kier alpha value is -2.77. The molecular weight excluding hydrogens is 376 g/mol. The minimum atomic E-state index is -4.57. The highest BCUT2D eigenvalue weighted by Gasteiger charge is 2.35. The number of hydrogen-bond acceptors (Lipinski definition) is 2. The fraction of sp³-hybridized carbons (Fsp3) is 0.350. The molecule has 2 amide bonds. The highest BCUT2D eigenvalue weighted by molar-refractivity contribution is 5.75. The Balaban J connectivity index is 1.72. The number of hydrogen-bond donors (Lipinski definition) is 1. The van der Waals surface area contributed by atoms with Gasteiger partial charge in [0.2, 0.25) is 0 Å². The van der Waals surface area contributed by atoms with Gasteiger partial charge in [-0.15, -0.1) is 0 Å². The summed E-state index contributed by atoms with van der Waals surface area (Å²) in [6.07, 6.45) is -2.99. The molecule has 3 rings (SSSR count). The number of halogens is 4. The largest absolute Gasteiger partial charge is 0.497 e. The van der Waals surface area contributed by atoms with Gasteiger partial charge >= 0.3 is 12.2 Å². The molecule has 0 aliphatic heterocycles. The van der Waals surface area contributed by atoms with E-state index in [1.807, 2.05) is 0 Å². The monoisotopic (exact) mass is 396 g/mol. The van der Waals surface area contributed by atoms with Crippen LogP contribution in [0.3, 0.4) is 0 Å². The van der Waals surface area contributed by atoms with E-state index in [1.165, 1.54) is 30.2 Å². The van der Waals surface area contributed by atoms with Gasteiger partial charge in [0.05, 0.1) is 19.2 Å². The minimum absolute atomic E-state index is 0.0300. The quantitative estimate of drug-likeness (QED) is 0.718. The Morgan fingerprint density at radius 3 is 2.50 bits per heavy atom. The van der Waals surface area contributed by atoms with Gasteiger partial charge in [0.1, 0.15) is 11.6 Å². The number of urea groups is 1. The summed E-state index contributed by atoms with van der Waals surface area (Å²) >= 11 is 0. The molecule has 1 saturated carbocycles. The van der Waals surface area contributed by atoms with Gasteiger partial charge in [0.15, 0.2) is 0 Å². The molecule has 1 aliphatic carbocycles. The van der Waals surface area contributed by atoms with Crippen LogP contribution >= 0.6 is 0 Å². The first-order valence-corrected chi connectivity index (χ1v) is 8.81. The van der Waals surface area contributed by atoms with Gasteiger partial charge in [0.25, 0.3) is 0 Å². The Morgan fingerprint density at radius 1 is 1.18 bits per heavy atom. The van der Waals surface area contributed by atoms with Crippen LogP contribution in [-0.4, -0.2) is 24.1 Å². The number of benzene rings is 2. The fourth-order valence-electron chi connectivity index (χ4n) is 2.94. The van der Waals surface area contributed by atoms with Crippen LogP contribution in [0.5, 0.6) is 5.75 Å². The van der Waals surface area contributed by atoms with Crippen molar-refractivity contribution in [1.82, 2.24) is 10.2 Å². The lowest BCUT2D eigenvalue weighted by Crippen LogP contribution is -2.41. The summed E-state index contributed by atoms with van der Waals surface area (Å²) in [5, 5.41) is 2.53. The van der Waals surface area contributed by atoms with Crippen LogP contribution in [0.2, 0.25) is 0 Å². The first kappa shape index (κ1) is 20.0. The Morgan fingerprint density at radius 2 is 1.89 bits per heavy atom. The normalized spacial score (nSPS) is 13.9. The molecule has 0 unspecified atom stereocenters. The molecule has 0 bridgehead atoms. The standard InChI is InChI=1S/C20H20F4N2O2/c1-28-16-9-6-13(17(10-16)20(22,23)24)11-25-19(27)26(15-7-8-15)12-14-4-2-3-5-18(14)21/h2-6,9-10,15H,7-8,11-12H2,1H3,(H,25,27). The van der Waals surface area contributed by atoms with Gasteiger partial charge < -0.3 is 15.0 Å². The van der Waals surface area contributed by atoms with Crippen molar-refractivity contribution >= 4 is 6.03 Å². The molecule has 1 N–H and O–H groups in total. The van der Waals surface area contributed by atoms with E-state index in [2.05, 4.69) is 5.32 Å². The summed E-state index contributed by atoms with van der Waals surface area (Å²) in [4.78, 5) is 14.1. The number of methoxy groups -OCH3 is 1. The summed E-state index contributed by atoms with van der Waals surface area (Å²) < 4.78 is 58.7. The second kappa shape index (κ2) is 8.08. The predicted octanol–water partition coefficient (Wildman–Crippen LogP) is 4.73. The van der Waals surface area contributed by atoms with Crippen LogP contribution < -0.4 is 10.1 Å². The van der Waals surface area contributed by atoms with E-state index < -0.39 is 23.6 Å². The second-order valence-electron chi connectivity index (χ2n) is 6.63. The number of nitrogens with zero attached hydrogens (tertiary/aromatic N) is 1. The first-order valence-electron chi connectivity index (χ1n) is 8.81. The topological polar surface area (TPSA) is 41.6 Å². The van der Waals surface area contributed by atoms with Crippen LogP contribution in [0.15, 0.2) is 42.5 Å². The van der Waals surface area contributed by atoms with E-state index in [0.717, 1.165) is 18.9 Å². The lowest BCUT2D eigenvalue weighted by atomic mass is 10.1. The number of nitrogens with one attached hydrogen (secondary N) is 1. The lowest BCUT2D eigenvalue weighted by Gasteiger charge is -2.24. The molecule has 2 aromatic rings. The molecule has 0 heterocycles. The minimum Gasteiger partial charge on any atom is -0.497 e. The van der Waals surface area contributed by atoms with Crippen molar-refractivity contribution in [3.8, 4) is 5.75 Å². The van der Waals surface area contributed by atoms with E-state index in [9.17, 15) is 22.4 Å². The van der Waals surface area contributed by atoms with Crippen LogP contribution in [-0.2, 0) is 19.3 Å². The molecule has 1 fully saturated rings. The zero-order valence-electron chi connectivity index (χ0n) is 15.2. The number of amides is 2. The summed E-state index contributed by atoms with van der Waals surface area (Å²) in [6, 6.07) is 9.17. The first-order chi connectivity index (χ1) is 13.3. The molecule has 0 saturated heterocycles. The van der Waals surface area contributed by atoms with E-state index in [-0.39, 0.29) is 30.4 Å². The molecule has 2 aromatic carbocycles. The van der Waals surface area contributed by atoms with Crippen LogP contribution in [0.4, 0.5) is 22.4 Å². The van der Waals surface area contributed by atoms with E-state index in [0.29, 0.717) is 5.56 Å². The zero-order chi connectivity index (χ0) is 20.3. The molecule has 1 aliphatic rings. The van der Waals surface area contributed by atoms with Gasteiger partial charge in [0, 0.05) is 18.2 Å². The van der Waals surface area contributed by atoms with Gasteiger partial charge in [-0.2, -0.15) is 13.2 Å². The van der Waals surface area contributed by atoms with Gasteiger partial charge in [-0.3, -0.25) is 0 Å². The van der Waals surface area contributed by atoms with Gasteiger partial charge in [-0.1, -0.05) is 24.3 Å². The van der Waals surface area contributed by atoms with Crippen molar-refractivity contribution in [2.45, 2.75) is 38.1 Å². The number of carbonyl (C=O) groups excluding carboxylic acids is 1. The summed E-state index contributed by atoms with van der Waals surface area (Å²) in [5.74, 6) is -0.336. The molecule has 0 spiro atoms. The van der Waals surface area contributed by atoms with E-state index >= 15 is 0 Å². The number of rotatable bonds is 6. The fourth-order valence-corrected chi connectivity index (χ4v) is 2.94. The maximum Gasteiger partial charge on any atom is 0.416 e. The number of alkyl halides is 3. The van der Waals surface area contributed by atoms with Crippen molar-refractivity contribution in [3.63, 3.8) is 0 Å². The van der Waals surface area contributed by atoms with Crippen LogP contribution in [0.1, 0.15) is 29.5 Å². The summed E-state index contributed by atoms with van der Waals surface area (Å²) in [5.41, 5.74) is -0.563. The van der Waals surface area contributed by atoms with Crippen molar-refractivity contribution in [2.24, 2.45) is 0 Å². The van der Waals surface area contributed by atoms with Crippen LogP contribution in [0, 0.1) is 5.82 Å². The van der Waals surface area contributed by atoms with Crippen molar-refractivity contribution in [2.75, 3.05) is 7.11 Å². The van der Waals surface area contributed by atoms with Gasteiger partial charge in [-0.25, -0.2) is 9.18 Å². The molecule has 0 radical (unpaired) electrons. The number of ether oxygens (including phenoxy) is 1. The maximum absolute atomic E-state index is 13.9. The average Bonchev–Trinajstić information content (AvgIpc) is 3.49.